The van der Waals surface area contributed by atoms with Gasteiger partial charge in [0.05, 0.1) is 0 Å². The summed E-state index contributed by atoms with van der Waals surface area (Å²) < 4.78 is 29.4. The first-order valence-electron chi connectivity index (χ1n) is 11.2. The molecule has 2 aromatic rings. The summed E-state index contributed by atoms with van der Waals surface area (Å²) in [6.07, 6.45) is 0.366. The van der Waals surface area contributed by atoms with E-state index in [4.69, 9.17) is 11.6 Å². The molecule has 178 valence electrons. The van der Waals surface area contributed by atoms with E-state index in [1.807, 2.05) is 0 Å². The molecule has 3 unspecified atom stereocenters. The van der Waals surface area contributed by atoms with E-state index in [1.54, 1.807) is 35.7 Å². The van der Waals surface area contributed by atoms with Crippen molar-refractivity contribution in [3.63, 3.8) is 0 Å². The summed E-state index contributed by atoms with van der Waals surface area (Å²) in [6, 6.07) is 7.37. The van der Waals surface area contributed by atoms with Gasteiger partial charge < -0.3 is 10.2 Å². The zero-order chi connectivity index (χ0) is 25.7. The number of imide groups is 1. The number of alkyl halides is 2. The molecule has 4 rings (SSSR count). The second-order valence-electron chi connectivity index (χ2n) is 8.93. The molecule has 0 aromatic heterocycles. The van der Waals surface area contributed by atoms with Crippen molar-refractivity contribution in [1.82, 2.24) is 15.5 Å². The van der Waals surface area contributed by atoms with Crippen LogP contribution in [0, 0.1) is 0 Å². The topological polar surface area (TPSA) is 95.6 Å². The third-order valence-corrected chi connectivity index (χ3v) is 6.84. The monoisotopic (exact) mass is 497 g/mol. The SMILES string of the molecule is Bc1cc(C(B)NC(=O)C(F)(F)c2ccc(Cl)cc2)cc2c1C(=O)N(C1CCC(=O)NC1=O)C2B. The molecule has 2 aromatic carbocycles. The molecule has 2 N–H and O–H groups in total. The number of benzene rings is 2. The minimum Gasteiger partial charge on any atom is -0.352 e. The van der Waals surface area contributed by atoms with Crippen molar-refractivity contribution in [3.8, 4) is 0 Å². The number of piperidine rings is 1. The van der Waals surface area contributed by atoms with Crippen LogP contribution >= 0.6 is 11.6 Å². The first-order chi connectivity index (χ1) is 16.4. The number of hydrogen-bond acceptors (Lipinski definition) is 4. The van der Waals surface area contributed by atoms with E-state index in [0.29, 0.717) is 22.2 Å². The minimum atomic E-state index is -3.77. The van der Waals surface area contributed by atoms with Crippen LogP contribution in [0.25, 0.3) is 0 Å². The quantitative estimate of drug-likeness (QED) is 0.411. The fourth-order valence-corrected chi connectivity index (χ4v) is 4.82. The summed E-state index contributed by atoms with van der Waals surface area (Å²) in [5.41, 5.74) is 1.76. The first kappa shape index (κ1) is 25.0. The number of halogens is 3. The molecule has 7 nitrogen and oxygen atoms in total. The summed E-state index contributed by atoms with van der Waals surface area (Å²) in [4.78, 5) is 51.0. The van der Waals surface area contributed by atoms with Gasteiger partial charge in [0.2, 0.25) is 11.8 Å². The van der Waals surface area contributed by atoms with Crippen LogP contribution in [0.1, 0.15) is 51.8 Å². The van der Waals surface area contributed by atoms with Gasteiger partial charge in [0, 0.05) is 34.5 Å². The largest absolute Gasteiger partial charge is 0.352 e. The van der Waals surface area contributed by atoms with Gasteiger partial charge in [0.1, 0.15) is 29.6 Å². The van der Waals surface area contributed by atoms with Gasteiger partial charge in [-0.1, -0.05) is 41.3 Å². The highest BCUT2D eigenvalue weighted by molar-refractivity contribution is 6.38. The van der Waals surface area contributed by atoms with E-state index in [2.05, 4.69) is 10.6 Å². The van der Waals surface area contributed by atoms with Crippen LogP contribution in [0.2, 0.25) is 5.02 Å². The molecule has 0 radical (unpaired) electrons. The fraction of sp³-hybridized carbons (Fsp3) is 0.273. The van der Waals surface area contributed by atoms with Gasteiger partial charge in [-0.05, 0) is 29.7 Å². The Bertz CT molecular complexity index is 1250. The number of amides is 4. The highest BCUT2D eigenvalue weighted by atomic mass is 35.5. The number of hydrogen-bond donors (Lipinski definition) is 2. The van der Waals surface area contributed by atoms with Crippen LogP contribution in [0.15, 0.2) is 36.4 Å². The molecule has 0 saturated carbocycles. The van der Waals surface area contributed by atoms with E-state index in [1.165, 1.54) is 17.0 Å². The van der Waals surface area contributed by atoms with Crippen molar-refractivity contribution >= 4 is 64.2 Å². The molecule has 2 aliphatic heterocycles. The highest BCUT2D eigenvalue weighted by Crippen LogP contribution is 2.36. The number of nitrogens with one attached hydrogen (secondary N) is 2. The summed E-state index contributed by atoms with van der Waals surface area (Å²) >= 11 is 5.75. The zero-order valence-electron chi connectivity index (χ0n) is 19.3. The molecular formula is C22H21B3ClF2N3O4. The third kappa shape index (κ3) is 4.47. The zero-order valence-corrected chi connectivity index (χ0v) is 20.1. The molecule has 0 aliphatic carbocycles. The Kier molecular flexibility index (Phi) is 6.53. The van der Waals surface area contributed by atoms with Gasteiger partial charge in [-0.2, -0.15) is 8.78 Å². The highest BCUT2D eigenvalue weighted by Gasteiger charge is 2.44. The van der Waals surface area contributed by atoms with E-state index >= 15 is 0 Å². The predicted octanol–water partition coefficient (Wildman–Crippen LogP) is -0.969. The molecule has 4 amide bonds. The van der Waals surface area contributed by atoms with Gasteiger partial charge in [0.15, 0.2) is 0 Å². The summed E-state index contributed by atoms with van der Waals surface area (Å²) in [5.74, 6) is -7.69. The van der Waals surface area contributed by atoms with Gasteiger partial charge in [-0.15, -0.1) is 0 Å². The van der Waals surface area contributed by atoms with Crippen molar-refractivity contribution in [2.75, 3.05) is 0 Å². The molecule has 1 fully saturated rings. The second-order valence-corrected chi connectivity index (χ2v) is 9.37. The average molecular weight is 497 g/mol. The summed E-state index contributed by atoms with van der Waals surface area (Å²) in [6.45, 7) is 0. The van der Waals surface area contributed by atoms with Crippen molar-refractivity contribution in [1.29, 1.82) is 0 Å². The number of rotatable bonds is 5. The van der Waals surface area contributed by atoms with Gasteiger partial charge in [-0.25, -0.2) is 0 Å². The van der Waals surface area contributed by atoms with Crippen LogP contribution in [-0.2, 0) is 20.3 Å². The molecule has 0 bridgehead atoms. The Balaban J connectivity index is 1.57. The summed E-state index contributed by atoms with van der Waals surface area (Å²) in [5, 5.41) is 4.91. The van der Waals surface area contributed by atoms with Crippen molar-refractivity contribution < 1.29 is 28.0 Å². The van der Waals surface area contributed by atoms with Crippen LogP contribution in [0.4, 0.5) is 8.78 Å². The molecule has 1 saturated heterocycles. The Morgan fingerprint density at radius 1 is 1.20 bits per heavy atom. The number of fused-ring (bicyclic) bond motifs is 1. The maximum atomic E-state index is 14.7. The lowest BCUT2D eigenvalue weighted by Gasteiger charge is -2.33. The summed E-state index contributed by atoms with van der Waals surface area (Å²) in [7, 11) is 5.07. The second kappa shape index (κ2) is 9.15. The van der Waals surface area contributed by atoms with Crippen LogP contribution in [0.5, 0.6) is 0 Å². The van der Waals surface area contributed by atoms with Crippen LogP contribution < -0.4 is 16.1 Å². The van der Waals surface area contributed by atoms with E-state index < -0.39 is 41.2 Å². The van der Waals surface area contributed by atoms with Crippen molar-refractivity contribution in [2.45, 2.75) is 36.7 Å². The van der Waals surface area contributed by atoms with Gasteiger partial charge in [-0.3, -0.25) is 24.5 Å². The molecular weight excluding hydrogens is 476 g/mol. The van der Waals surface area contributed by atoms with E-state index in [-0.39, 0.29) is 29.7 Å². The van der Waals surface area contributed by atoms with Gasteiger partial charge in [0.25, 0.3) is 11.8 Å². The lowest BCUT2D eigenvalue weighted by Crippen LogP contribution is -2.53. The van der Waals surface area contributed by atoms with E-state index in [0.717, 1.165) is 12.1 Å². The maximum Gasteiger partial charge on any atom is 0.349 e. The Labute approximate surface area is 208 Å². The molecule has 0 spiro atoms. The molecule has 35 heavy (non-hydrogen) atoms. The fourth-order valence-electron chi connectivity index (χ4n) is 4.69. The Hall–Kier alpha value is -3.14. The van der Waals surface area contributed by atoms with E-state index in [9.17, 15) is 28.0 Å². The number of nitrogens with zero attached hydrogens (tertiary/aromatic N) is 1. The van der Waals surface area contributed by atoms with Crippen molar-refractivity contribution in [2.24, 2.45) is 0 Å². The smallest absolute Gasteiger partial charge is 0.349 e. The van der Waals surface area contributed by atoms with Crippen molar-refractivity contribution in [3.05, 3.63) is 63.7 Å². The Morgan fingerprint density at radius 3 is 2.49 bits per heavy atom. The van der Waals surface area contributed by atoms with Crippen LogP contribution in [-0.4, -0.2) is 58.1 Å². The van der Waals surface area contributed by atoms with Crippen LogP contribution in [0.3, 0.4) is 0 Å². The first-order valence-corrected chi connectivity index (χ1v) is 11.5. The lowest BCUT2D eigenvalue weighted by atomic mass is 9.77. The molecule has 2 heterocycles. The Morgan fingerprint density at radius 2 is 1.86 bits per heavy atom. The predicted molar refractivity (Wildman–Crippen MR) is 133 cm³/mol. The number of carbonyl (C=O) groups excluding carboxylic acids is 4. The number of carbonyl (C=O) groups is 4. The standard InChI is InChI=1S/C22H21B3ClF2N3O4/c23-13-8-9(17(24)30-21(35)22(27,28)10-1-3-11(26)4-2-10)7-12-16(13)20(34)31(18(12)25)14-5-6-15(32)29-19(14)33/h1-4,7-8,14,17-18H,5-6,23-25H2,(H,30,35)(H,29,32,33). The lowest BCUT2D eigenvalue weighted by molar-refractivity contribution is -0.147. The minimum absolute atomic E-state index is 0.137. The molecule has 13 heteroatoms. The third-order valence-electron chi connectivity index (χ3n) is 6.59. The van der Waals surface area contributed by atoms with Gasteiger partial charge >= 0.3 is 5.92 Å². The molecule has 2 aliphatic rings. The average Bonchev–Trinajstić information content (AvgIpc) is 3.04. The normalized spacial score (nSPS) is 20.9. The maximum absolute atomic E-state index is 14.7. The molecule has 3 atom stereocenters.